The lowest BCUT2D eigenvalue weighted by Gasteiger charge is -2.24. The van der Waals surface area contributed by atoms with Gasteiger partial charge in [-0.15, -0.1) is 0 Å². The first kappa shape index (κ1) is 25.2. The van der Waals surface area contributed by atoms with E-state index in [9.17, 15) is 14.4 Å². The molecule has 0 heterocycles. The molecule has 1 rings (SSSR count). The van der Waals surface area contributed by atoms with Gasteiger partial charge >= 0.3 is 12.1 Å². The van der Waals surface area contributed by atoms with Crippen LogP contribution in [0.15, 0.2) is 42.5 Å². The highest BCUT2D eigenvalue weighted by Gasteiger charge is 2.25. The number of rotatable bonds is 10. The highest BCUT2D eigenvalue weighted by Crippen LogP contribution is 2.10. The average Bonchev–Trinajstić information content (AvgIpc) is 2.68. The molecule has 0 aliphatic carbocycles. The number of alkyl carbamates (subject to hydrolysis) is 1. The molecular weight excluding hydrogens is 384 g/mol. The van der Waals surface area contributed by atoms with Crippen molar-refractivity contribution in [3.8, 4) is 0 Å². The van der Waals surface area contributed by atoms with E-state index >= 15 is 0 Å². The second kappa shape index (κ2) is 12.7. The van der Waals surface area contributed by atoms with Crippen LogP contribution in [0.25, 0.3) is 0 Å². The zero-order valence-corrected chi connectivity index (χ0v) is 18.6. The smallest absolute Gasteiger partial charge is 0.408 e. The second-order valence-corrected chi connectivity index (χ2v) is 8.01. The van der Waals surface area contributed by atoms with Crippen LogP contribution in [-0.4, -0.2) is 42.8 Å². The van der Waals surface area contributed by atoms with Gasteiger partial charge < -0.3 is 20.1 Å². The molecule has 166 valence electrons. The molecule has 0 aliphatic heterocycles. The summed E-state index contributed by atoms with van der Waals surface area (Å²) in [6.07, 6.45) is 4.76. The van der Waals surface area contributed by atoms with E-state index < -0.39 is 29.7 Å². The fourth-order valence-electron chi connectivity index (χ4n) is 2.74. The maximum Gasteiger partial charge on any atom is 0.408 e. The number of esters is 1. The molecule has 0 unspecified atom stereocenters. The lowest BCUT2D eigenvalue weighted by molar-refractivity contribution is -0.135. The Bertz CT molecular complexity index is 710. The van der Waals surface area contributed by atoms with Crippen molar-refractivity contribution in [2.75, 3.05) is 7.11 Å². The van der Waals surface area contributed by atoms with Crippen LogP contribution in [0.1, 0.15) is 52.5 Å². The molecule has 0 saturated heterocycles. The highest BCUT2D eigenvalue weighted by atomic mass is 16.6. The topological polar surface area (TPSA) is 93.7 Å². The van der Waals surface area contributed by atoms with Crippen LogP contribution < -0.4 is 10.6 Å². The number of nitrogens with one attached hydrogen (secondary N) is 2. The number of hydrogen-bond donors (Lipinski definition) is 2. The van der Waals surface area contributed by atoms with Crippen LogP contribution in [0, 0.1) is 0 Å². The average molecular weight is 419 g/mol. The van der Waals surface area contributed by atoms with Crippen LogP contribution in [0.2, 0.25) is 0 Å². The summed E-state index contributed by atoms with van der Waals surface area (Å²) in [7, 11) is 1.30. The van der Waals surface area contributed by atoms with Crippen LogP contribution in [0.3, 0.4) is 0 Å². The summed E-state index contributed by atoms with van der Waals surface area (Å²) >= 11 is 0. The van der Waals surface area contributed by atoms with Gasteiger partial charge in [0.25, 0.3) is 0 Å². The Labute approximate surface area is 179 Å². The van der Waals surface area contributed by atoms with Crippen molar-refractivity contribution in [2.45, 2.75) is 71.1 Å². The van der Waals surface area contributed by atoms with Crippen LogP contribution in [0.4, 0.5) is 4.79 Å². The molecule has 0 aromatic heterocycles. The summed E-state index contributed by atoms with van der Waals surface area (Å²) in [5.41, 5.74) is 0.471. The number of carbonyl (C=O) groups is 3. The minimum Gasteiger partial charge on any atom is -0.466 e. The molecule has 1 aromatic carbocycles. The Morgan fingerprint density at radius 3 is 2.30 bits per heavy atom. The molecule has 7 heteroatoms. The van der Waals surface area contributed by atoms with E-state index in [4.69, 9.17) is 4.74 Å². The summed E-state index contributed by atoms with van der Waals surface area (Å²) in [6, 6.07) is 8.74. The van der Waals surface area contributed by atoms with Crippen molar-refractivity contribution in [3.63, 3.8) is 0 Å². The second-order valence-electron chi connectivity index (χ2n) is 8.01. The number of benzene rings is 1. The van der Waals surface area contributed by atoms with E-state index in [1.807, 2.05) is 37.3 Å². The fraction of sp³-hybridized carbons (Fsp3) is 0.522. The first-order valence-electron chi connectivity index (χ1n) is 10.2. The number of methoxy groups -OCH3 is 1. The number of hydrogen-bond acceptors (Lipinski definition) is 5. The Hall–Kier alpha value is -2.83. The quantitative estimate of drug-likeness (QED) is 0.448. The lowest BCUT2D eigenvalue weighted by atomic mass is 10.0. The molecule has 0 bridgehead atoms. The maximum absolute atomic E-state index is 12.8. The molecule has 2 atom stereocenters. The summed E-state index contributed by atoms with van der Waals surface area (Å²) in [5, 5.41) is 5.56. The fourth-order valence-corrected chi connectivity index (χ4v) is 2.74. The van der Waals surface area contributed by atoms with E-state index in [1.165, 1.54) is 13.2 Å². The first-order valence-corrected chi connectivity index (χ1v) is 10.2. The minimum absolute atomic E-state index is 0.324. The summed E-state index contributed by atoms with van der Waals surface area (Å²) < 4.78 is 9.90. The van der Waals surface area contributed by atoms with Gasteiger partial charge in [0, 0.05) is 12.1 Å². The third kappa shape index (κ3) is 10.6. The third-order valence-electron chi connectivity index (χ3n) is 4.17. The van der Waals surface area contributed by atoms with E-state index in [0.29, 0.717) is 19.3 Å². The van der Waals surface area contributed by atoms with Gasteiger partial charge in [-0.2, -0.15) is 0 Å². The van der Waals surface area contributed by atoms with Gasteiger partial charge in [0.05, 0.1) is 7.11 Å². The Balaban J connectivity index is 2.83. The zero-order valence-electron chi connectivity index (χ0n) is 18.6. The molecule has 1 aromatic rings. The van der Waals surface area contributed by atoms with Crippen molar-refractivity contribution in [1.29, 1.82) is 0 Å². The van der Waals surface area contributed by atoms with Gasteiger partial charge in [0.15, 0.2) is 0 Å². The monoisotopic (exact) mass is 418 g/mol. The molecular formula is C23H34N2O5. The van der Waals surface area contributed by atoms with Gasteiger partial charge in [-0.1, -0.05) is 49.8 Å². The summed E-state index contributed by atoms with van der Waals surface area (Å²) in [5.74, 6) is -0.818. The number of aryl methyl sites for hydroxylation is 1. The van der Waals surface area contributed by atoms with E-state index in [-0.39, 0.29) is 5.91 Å². The predicted molar refractivity (Wildman–Crippen MR) is 116 cm³/mol. The van der Waals surface area contributed by atoms with Gasteiger partial charge in [-0.25, -0.2) is 9.59 Å². The SMILES string of the molecule is CCC[C@H](NC(=O)OC(C)(C)C)C(=O)N[C@H](/C=C/C(=O)OC)CCc1ccccc1. The molecule has 0 saturated carbocycles. The lowest BCUT2D eigenvalue weighted by Crippen LogP contribution is -2.50. The van der Waals surface area contributed by atoms with E-state index in [2.05, 4.69) is 15.4 Å². The highest BCUT2D eigenvalue weighted by molar-refractivity contribution is 5.86. The van der Waals surface area contributed by atoms with Crippen LogP contribution in [-0.2, 0) is 25.5 Å². The van der Waals surface area contributed by atoms with Crippen molar-refractivity contribution in [3.05, 3.63) is 48.0 Å². The van der Waals surface area contributed by atoms with Crippen molar-refractivity contribution >= 4 is 18.0 Å². The molecule has 0 fully saturated rings. The van der Waals surface area contributed by atoms with Gasteiger partial charge in [-0.3, -0.25) is 4.79 Å². The molecule has 2 amide bonds. The number of carbonyl (C=O) groups excluding carboxylic acids is 3. The summed E-state index contributed by atoms with van der Waals surface area (Å²) in [6.45, 7) is 7.22. The standard InChI is InChI=1S/C23H34N2O5/c1-6-10-19(25-22(28)30-23(2,3)4)21(27)24-18(15-16-20(26)29-5)14-13-17-11-8-7-9-12-17/h7-9,11-12,15-16,18-19H,6,10,13-14H2,1-5H3,(H,24,27)(H,25,28)/b16-15+/t18-,19-/m0/s1. The summed E-state index contributed by atoms with van der Waals surface area (Å²) in [4.78, 5) is 36.4. The first-order chi connectivity index (χ1) is 14.1. The van der Waals surface area contributed by atoms with Gasteiger partial charge in [0.1, 0.15) is 11.6 Å². The molecule has 7 nitrogen and oxygen atoms in total. The molecule has 30 heavy (non-hydrogen) atoms. The van der Waals surface area contributed by atoms with Crippen molar-refractivity contribution in [1.82, 2.24) is 10.6 Å². The molecule has 2 N–H and O–H groups in total. The molecule has 0 spiro atoms. The maximum atomic E-state index is 12.8. The van der Waals surface area contributed by atoms with E-state index in [1.54, 1.807) is 26.8 Å². The molecule has 0 radical (unpaired) electrons. The van der Waals surface area contributed by atoms with Gasteiger partial charge in [0.2, 0.25) is 5.91 Å². The largest absolute Gasteiger partial charge is 0.466 e. The number of amides is 2. The Morgan fingerprint density at radius 2 is 1.73 bits per heavy atom. The van der Waals surface area contributed by atoms with E-state index in [0.717, 1.165) is 12.0 Å². The van der Waals surface area contributed by atoms with Crippen molar-refractivity contribution < 1.29 is 23.9 Å². The molecule has 0 aliphatic rings. The Kier molecular flexibility index (Phi) is 10.6. The van der Waals surface area contributed by atoms with Crippen molar-refractivity contribution in [2.24, 2.45) is 0 Å². The zero-order chi connectivity index (χ0) is 22.6. The van der Waals surface area contributed by atoms with Gasteiger partial charge in [-0.05, 0) is 45.6 Å². The normalized spacial score (nSPS) is 13.4. The Morgan fingerprint density at radius 1 is 1.07 bits per heavy atom. The van der Waals surface area contributed by atoms with Crippen LogP contribution >= 0.6 is 0 Å². The van der Waals surface area contributed by atoms with Crippen LogP contribution in [0.5, 0.6) is 0 Å². The minimum atomic E-state index is -0.726. The number of ether oxygens (including phenoxy) is 2. The third-order valence-corrected chi connectivity index (χ3v) is 4.17. The predicted octanol–water partition coefficient (Wildman–Crippen LogP) is 3.53.